The molecule has 0 aromatic heterocycles. The Bertz CT molecular complexity index is 1080. The predicted molar refractivity (Wildman–Crippen MR) is 136 cm³/mol. The molecule has 0 bridgehead atoms. The third kappa shape index (κ3) is 3.78. The van der Waals surface area contributed by atoms with E-state index in [4.69, 9.17) is 14.2 Å². The smallest absolute Gasteiger partial charge is 0.331 e. The highest BCUT2D eigenvalue weighted by Gasteiger charge is 2.73. The highest BCUT2D eigenvalue weighted by Crippen LogP contribution is 2.70. The van der Waals surface area contributed by atoms with Gasteiger partial charge in [-0.25, -0.2) is 4.79 Å². The normalized spacial score (nSPS) is 56.0. The molecule has 5 fully saturated rings. The summed E-state index contributed by atoms with van der Waals surface area (Å²) >= 11 is 0. The van der Waals surface area contributed by atoms with Crippen molar-refractivity contribution in [3.63, 3.8) is 0 Å². The van der Waals surface area contributed by atoms with Crippen LogP contribution < -0.4 is 0 Å². The van der Waals surface area contributed by atoms with E-state index in [-0.39, 0.29) is 38.2 Å². The van der Waals surface area contributed by atoms with Gasteiger partial charge in [0.05, 0.1) is 34.9 Å². The second kappa shape index (κ2) is 9.54. The Morgan fingerprint density at radius 2 is 1.75 bits per heavy atom. The number of rotatable bonds is 4. The van der Waals surface area contributed by atoms with Crippen LogP contribution in [0, 0.1) is 28.6 Å². The minimum absolute atomic E-state index is 0.0615. The number of fused-ring (bicyclic) bond motifs is 5. The molecule has 0 amide bonds. The molecule has 0 aromatic rings. The lowest BCUT2D eigenvalue weighted by Gasteiger charge is -2.66. The average molecular weight is 567 g/mol. The van der Waals surface area contributed by atoms with Crippen molar-refractivity contribution < 1.29 is 54.4 Å². The predicted octanol–water partition coefficient (Wildman–Crippen LogP) is -0.279. The zero-order valence-corrected chi connectivity index (χ0v) is 23.0. The van der Waals surface area contributed by atoms with Crippen molar-refractivity contribution in [2.24, 2.45) is 28.6 Å². The van der Waals surface area contributed by atoms with E-state index >= 15 is 0 Å². The van der Waals surface area contributed by atoms with Gasteiger partial charge >= 0.3 is 5.97 Å². The van der Waals surface area contributed by atoms with Gasteiger partial charge in [0.1, 0.15) is 31.2 Å². The van der Waals surface area contributed by atoms with Crippen LogP contribution in [0.5, 0.6) is 0 Å². The first-order chi connectivity index (χ1) is 18.8. The first-order valence-corrected chi connectivity index (χ1v) is 14.6. The summed E-state index contributed by atoms with van der Waals surface area (Å²) in [6.07, 6.45) is -2.87. The van der Waals surface area contributed by atoms with Crippen LogP contribution in [0.25, 0.3) is 0 Å². The van der Waals surface area contributed by atoms with Gasteiger partial charge in [-0.05, 0) is 69.3 Å². The lowest BCUT2D eigenvalue weighted by Crippen LogP contribution is -2.72. The van der Waals surface area contributed by atoms with E-state index in [1.165, 1.54) is 6.08 Å². The lowest BCUT2D eigenvalue weighted by molar-refractivity contribution is -0.320. The number of aliphatic hydroxyl groups is 6. The summed E-state index contributed by atoms with van der Waals surface area (Å²) < 4.78 is 16.8. The average Bonchev–Trinajstić information content (AvgIpc) is 3.45. The van der Waals surface area contributed by atoms with E-state index in [2.05, 4.69) is 0 Å². The summed E-state index contributed by atoms with van der Waals surface area (Å²) in [5.41, 5.74) is -3.89. The zero-order chi connectivity index (χ0) is 28.8. The van der Waals surface area contributed by atoms with E-state index in [1.54, 1.807) is 6.92 Å². The first kappa shape index (κ1) is 28.7. The molecule has 11 nitrogen and oxygen atoms in total. The second-order valence-corrected chi connectivity index (χ2v) is 13.6. The van der Waals surface area contributed by atoms with E-state index in [0.29, 0.717) is 25.7 Å². The first-order valence-electron chi connectivity index (χ1n) is 14.6. The van der Waals surface area contributed by atoms with E-state index in [1.807, 2.05) is 6.92 Å². The summed E-state index contributed by atoms with van der Waals surface area (Å²) in [4.78, 5) is 24.8. The lowest BCUT2D eigenvalue weighted by atomic mass is 9.41. The van der Waals surface area contributed by atoms with Gasteiger partial charge in [-0.2, -0.15) is 0 Å². The number of cyclic esters (lactones) is 1. The molecule has 4 aliphatic carbocycles. The van der Waals surface area contributed by atoms with Crippen molar-refractivity contribution in [2.75, 3.05) is 6.61 Å². The van der Waals surface area contributed by atoms with Crippen LogP contribution in [-0.2, 0) is 23.8 Å². The van der Waals surface area contributed by atoms with Crippen LogP contribution in [0.4, 0.5) is 0 Å². The number of carbonyl (C=O) groups is 2. The topological polar surface area (TPSA) is 183 Å². The van der Waals surface area contributed by atoms with Gasteiger partial charge in [-0.3, -0.25) is 0 Å². The molecule has 0 aromatic carbocycles. The van der Waals surface area contributed by atoms with Crippen molar-refractivity contribution in [3.05, 3.63) is 11.6 Å². The van der Waals surface area contributed by atoms with E-state index < -0.39 is 82.8 Å². The van der Waals surface area contributed by atoms with Gasteiger partial charge in [0, 0.05) is 23.8 Å². The Hall–Kier alpha value is -1.44. The highest BCUT2D eigenvalue weighted by atomic mass is 16.7. The minimum atomic E-state index is -1.51. The third-order valence-corrected chi connectivity index (χ3v) is 11.9. The fourth-order valence-electron chi connectivity index (χ4n) is 9.82. The Morgan fingerprint density at radius 1 is 1.00 bits per heavy atom. The number of hydrogen-bond donors (Lipinski definition) is 6. The maximum Gasteiger partial charge on any atom is 0.331 e. The Morgan fingerprint density at radius 3 is 2.42 bits per heavy atom. The summed E-state index contributed by atoms with van der Waals surface area (Å²) in [5, 5.41) is 66.7. The van der Waals surface area contributed by atoms with E-state index in [0.717, 1.165) is 11.9 Å². The molecule has 6 rings (SSSR count). The summed E-state index contributed by atoms with van der Waals surface area (Å²) in [6.45, 7) is 3.72. The molecule has 11 heteroatoms. The molecule has 6 aliphatic rings. The molecule has 4 saturated carbocycles. The Kier molecular flexibility index (Phi) is 6.83. The molecule has 1 saturated heterocycles. The Balaban J connectivity index is 1.25. The molecule has 14 atom stereocenters. The molecule has 0 unspecified atom stereocenters. The standard InChI is InChI=1S/C29H42O11/c1-14-22(33)23(34)24(35)25(39-14)40-16-3-6-27(13-30)21-18(4-7-28(27,36)10-16)29(37)8-5-17(15-9-20(32)38-12-15)26(29,2)11-19(21)31/h9,13-14,16-19,21-25,31,33-37H,3-8,10-12H2,1-2H3/t14-,16+,17-,18-,19-,21-,22+,23-,24-,25+,26-,27+,28+,29+/m1/s1. The van der Waals surface area contributed by atoms with Crippen molar-refractivity contribution in [1.82, 2.24) is 0 Å². The van der Waals surface area contributed by atoms with Gasteiger partial charge in [-0.15, -0.1) is 0 Å². The van der Waals surface area contributed by atoms with Crippen molar-refractivity contribution in [3.8, 4) is 0 Å². The summed E-state index contributed by atoms with van der Waals surface area (Å²) in [7, 11) is 0. The van der Waals surface area contributed by atoms with Crippen LogP contribution >= 0.6 is 0 Å². The van der Waals surface area contributed by atoms with Crippen LogP contribution in [0.2, 0.25) is 0 Å². The summed E-state index contributed by atoms with van der Waals surface area (Å²) in [5.74, 6) is -1.61. The van der Waals surface area contributed by atoms with Crippen LogP contribution in [0.1, 0.15) is 65.2 Å². The van der Waals surface area contributed by atoms with Crippen molar-refractivity contribution >= 4 is 12.3 Å². The van der Waals surface area contributed by atoms with E-state index in [9.17, 15) is 40.2 Å². The number of esters is 1. The van der Waals surface area contributed by atoms with Gasteiger partial charge in [0.2, 0.25) is 0 Å². The zero-order valence-electron chi connectivity index (χ0n) is 23.0. The maximum atomic E-state index is 13.0. The van der Waals surface area contributed by atoms with Crippen LogP contribution in [-0.4, -0.2) is 104 Å². The second-order valence-electron chi connectivity index (χ2n) is 13.6. The largest absolute Gasteiger partial charge is 0.458 e. The molecule has 0 radical (unpaired) electrons. The number of carbonyl (C=O) groups excluding carboxylic acids is 2. The third-order valence-electron chi connectivity index (χ3n) is 11.9. The van der Waals surface area contributed by atoms with Gasteiger partial charge in [0.15, 0.2) is 6.29 Å². The molecule has 2 aliphatic heterocycles. The fourth-order valence-corrected chi connectivity index (χ4v) is 9.82. The quantitative estimate of drug-likeness (QED) is 0.149. The highest BCUT2D eigenvalue weighted by molar-refractivity contribution is 5.85. The molecule has 40 heavy (non-hydrogen) atoms. The minimum Gasteiger partial charge on any atom is -0.458 e. The molecule has 6 N–H and O–H groups in total. The number of ether oxygens (including phenoxy) is 3. The number of hydrogen-bond acceptors (Lipinski definition) is 11. The molecular formula is C29H42O11. The van der Waals surface area contributed by atoms with Crippen LogP contribution in [0.15, 0.2) is 11.6 Å². The van der Waals surface area contributed by atoms with Gasteiger partial charge in [-0.1, -0.05) is 6.92 Å². The Labute approximate surface area is 233 Å². The van der Waals surface area contributed by atoms with Gasteiger partial charge < -0.3 is 49.6 Å². The molecule has 0 spiro atoms. The fraction of sp³-hybridized carbons (Fsp3) is 0.862. The molecular weight excluding hydrogens is 524 g/mol. The molecule has 2 heterocycles. The maximum absolute atomic E-state index is 13.0. The number of aliphatic hydroxyl groups excluding tert-OH is 4. The van der Waals surface area contributed by atoms with Gasteiger partial charge in [0.25, 0.3) is 0 Å². The number of aldehydes is 1. The molecule has 224 valence electrons. The monoisotopic (exact) mass is 566 g/mol. The van der Waals surface area contributed by atoms with Crippen molar-refractivity contribution in [2.45, 2.75) is 119 Å². The van der Waals surface area contributed by atoms with Crippen molar-refractivity contribution in [1.29, 1.82) is 0 Å². The SMILES string of the molecule is C[C@H]1O[C@@H](O[C@H]2CC[C@]3(C=O)[C@H]4[C@H](O)C[C@]5(C)[C@@H](C6=CC(=O)OC6)CC[C@]5(O)[C@@H]4CC[C@]3(O)C2)[C@H](O)[C@H](O)[C@H]1O. The van der Waals surface area contributed by atoms with Crippen LogP contribution in [0.3, 0.4) is 0 Å². The summed E-state index contributed by atoms with van der Waals surface area (Å²) in [6, 6.07) is 0.